The molecule has 3 rings (SSSR count). The van der Waals surface area contributed by atoms with Gasteiger partial charge in [-0.2, -0.15) is 0 Å². The molecule has 0 spiro atoms. The van der Waals surface area contributed by atoms with E-state index in [1.165, 1.54) is 11.1 Å². The maximum Gasteiger partial charge on any atom is 0.0694 e. The molecule has 0 unspecified atom stereocenters. The van der Waals surface area contributed by atoms with Crippen molar-refractivity contribution in [3.63, 3.8) is 0 Å². The van der Waals surface area contributed by atoms with Gasteiger partial charge >= 0.3 is 0 Å². The Morgan fingerprint density at radius 3 is 1.77 bits per heavy atom. The number of aliphatic imine (C=N–C) groups is 2. The third kappa shape index (κ3) is 5.96. The highest BCUT2D eigenvalue weighted by molar-refractivity contribution is 5.70. The minimum Gasteiger partial charge on any atom is -0.261 e. The molecule has 0 aliphatic heterocycles. The number of nitrogens with zero attached hydrogens (tertiary/aromatic N) is 3. The van der Waals surface area contributed by atoms with Crippen LogP contribution in [0.25, 0.3) is 0 Å². The van der Waals surface area contributed by atoms with E-state index in [2.05, 4.69) is 63.0 Å². The van der Waals surface area contributed by atoms with Crippen molar-refractivity contribution in [3.8, 4) is 0 Å². The summed E-state index contributed by atoms with van der Waals surface area (Å²) in [5, 5.41) is 0. The van der Waals surface area contributed by atoms with E-state index < -0.39 is 0 Å². The fraction of sp³-hybridized carbons (Fsp3) is 0.296. The molecule has 0 aliphatic carbocycles. The standard InChI is InChI=1S/C27H31N3/c1-20(2)25-14-9-15-26(21(3)4)27(25)29-19-17-24-13-8-12-23(30-24)16-18-28-22-10-6-5-7-11-22/h5-15,18-21H,16-17H2,1-4H3. The quantitative estimate of drug-likeness (QED) is 0.370. The van der Waals surface area contributed by atoms with Crippen LogP contribution < -0.4 is 0 Å². The Morgan fingerprint density at radius 1 is 0.667 bits per heavy atom. The first kappa shape index (κ1) is 21.6. The van der Waals surface area contributed by atoms with Crippen molar-refractivity contribution in [3.05, 3.63) is 89.2 Å². The highest BCUT2D eigenvalue weighted by Gasteiger charge is 2.12. The van der Waals surface area contributed by atoms with Crippen molar-refractivity contribution in [2.24, 2.45) is 9.98 Å². The lowest BCUT2D eigenvalue weighted by Crippen LogP contribution is -1.98. The summed E-state index contributed by atoms with van der Waals surface area (Å²) in [6, 6.07) is 22.7. The molecule has 0 amide bonds. The van der Waals surface area contributed by atoms with Gasteiger partial charge in [-0.1, -0.05) is 70.2 Å². The molecule has 0 fully saturated rings. The zero-order chi connectivity index (χ0) is 21.3. The molecule has 154 valence electrons. The molecule has 3 aromatic rings. The molecule has 3 nitrogen and oxygen atoms in total. The van der Waals surface area contributed by atoms with Gasteiger partial charge in [-0.05, 0) is 47.2 Å². The van der Waals surface area contributed by atoms with E-state index >= 15 is 0 Å². The largest absolute Gasteiger partial charge is 0.261 e. The zero-order valence-electron chi connectivity index (χ0n) is 18.4. The van der Waals surface area contributed by atoms with Crippen LogP contribution in [0.4, 0.5) is 11.4 Å². The van der Waals surface area contributed by atoms with Crippen LogP contribution in [0.15, 0.2) is 76.7 Å². The minimum absolute atomic E-state index is 0.446. The predicted molar refractivity (Wildman–Crippen MR) is 129 cm³/mol. The molecule has 0 saturated heterocycles. The molecule has 2 aromatic carbocycles. The van der Waals surface area contributed by atoms with Crippen molar-refractivity contribution in [1.29, 1.82) is 0 Å². The summed E-state index contributed by atoms with van der Waals surface area (Å²) in [6.07, 6.45) is 5.35. The van der Waals surface area contributed by atoms with E-state index in [4.69, 9.17) is 9.98 Å². The van der Waals surface area contributed by atoms with Gasteiger partial charge in [0.15, 0.2) is 0 Å². The topological polar surface area (TPSA) is 37.6 Å². The number of rotatable bonds is 8. The van der Waals surface area contributed by atoms with Crippen molar-refractivity contribution in [2.75, 3.05) is 0 Å². The second kappa shape index (κ2) is 10.6. The van der Waals surface area contributed by atoms with Gasteiger partial charge in [-0.3, -0.25) is 15.0 Å². The molecule has 0 aliphatic rings. The minimum atomic E-state index is 0.446. The van der Waals surface area contributed by atoms with E-state index in [0.717, 1.165) is 22.8 Å². The second-order valence-electron chi connectivity index (χ2n) is 8.08. The molecule has 3 heteroatoms. The molecule has 1 aromatic heterocycles. The van der Waals surface area contributed by atoms with Crippen LogP contribution in [0.1, 0.15) is 62.0 Å². The molecular weight excluding hydrogens is 366 g/mol. The molecule has 1 heterocycles. The maximum absolute atomic E-state index is 4.88. The van der Waals surface area contributed by atoms with E-state index in [1.54, 1.807) is 0 Å². The van der Waals surface area contributed by atoms with Gasteiger partial charge in [0, 0.05) is 36.7 Å². The average Bonchev–Trinajstić information content (AvgIpc) is 2.74. The summed E-state index contributed by atoms with van der Waals surface area (Å²) in [4.78, 5) is 14.1. The molecule has 0 N–H and O–H groups in total. The molecule has 0 atom stereocenters. The van der Waals surface area contributed by atoms with Gasteiger partial charge in [0.2, 0.25) is 0 Å². The highest BCUT2D eigenvalue weighted by atomic mass is 14.8. The van der Waals surface area contributed by atoms with Crippen LogP contribution >= 0.6 is 0 Å². The Bertz CT molecular complexity index is 975. The highest BCUT2D eigenvalue weighted by Crippen LogP contribution is 2.34. The van der Waals surface area contributed by atoms with E-state index in [1.807, 2.05) is 48.8 Å². The number of hydrogen-bond donors (Lipinski definition) is 0. The molecule has 0 bridgehead atoms. The van der Waals surface area contributed by atoms with Crippen LogP contribution in [-0.2, 0) is 12.8 Å². The fourth-order valence-electron chi connectivity index (χ4n) is 3.41. The van der Waals surface area contributed by atoms with Gasteiger partial charge in [-0.25, -0.2) is 0 Å². The predicted octanol–water partition coefficient (Wildman–Crippen LogP) is 7.22. The van der Waals surface area contributed by atoms with Gasteiger partial charge < -0.3 is 0 Å². The van der Waals surface area contributed by atoms with Crippen LogP contribution in [0.3, 0.4) is 0 Å². The average molecular weight is 398 g/mol. The summed E-state index contributed by atoms with van der Waals surface area (Å²) in [5.41, 5.74) is 6.73. The first-order chi connectivity index (χ1) is 14.5. The Labute approximate surface area is 180 Å². The number of aromatic nitrogens is 1. The Balaban J connectivity index is 1.70. The van der Waals surface area contributed by atoms with Gasteiger partial charge in [0.05, 0.1) is 11.4 Å². The summed E-state index contributed by atoms with van der Waals surface area (Å²) >= 11 is 0. The van der Waals surface area contributed by atoms with Gasteiger partial charge in [-0.15, -0.1) is 0 Å². The first-order valence-corrected chi connectivity index (χ1v) is 10.7. The summed E-state index contributed by atoms with van der Waals surface area (Å²) in [6.45, 7) is 8.89. The number of pyridine rings is 1. The van der Waals surface area contributed by atoms with Crippen LogP contribution in [0, 0.1) is 0 Å². The maximum atomic E-state index is 4.88. The van der Waals surface area contributed by atoms with Crippen molar-refractivity contribution in [1.82, 2.24) is 4.98 Å². The number of hydrogen-bond acceptors (Lipinski definition) is 3. The van der Waals surface area contributed by atoms with Crippen molar-refractivity contribution >= 4 is 23.8 Å². The first-order valence-electron chi connectivity index (χ1n) is 10.7. The Morgan fingerprint density at radius 2 is 1.20 bits per heavy atom. The third-order valence-electron chi connectivity index (χ3n) is 5.02. The smallest absolute Gasteiger partial charge is 0.0694 e. The SMILES string of the molecule is CC(C)c1cccc(C(C)C)c1N=CCc1cccc(CC=Nc2ccccc2)n1. The monoisotopic (exact) mass is 397 g/mol. The normalized spacial score (nSPS) is 11.9. The van der Waals surface area contributed by atoms with Crippen LogP contribution in [0.5, 0.6) is 0 Å². The Kier molecular flexibility index (Phi) is 7.67. The number of benzene rings is 2. The Hall–Kier alpha value is -3.07. The molecule has 0 saturated carbocycles. The zero-order valence-corrected chi connectivity index (χ0v) is 18.4. The van der Waals surface area contributed by atoms with E-state index in [0.29, 0.717) is 24.7 Å². The lowest BCUT2D eigenvalue weighted by Gasteiger charge is -2.16. The summed E-state index contributed by atoms with van der Waals surface area (Å²) < 4.78 is 0. The summed E-state index contributed by atoms with van der Waals surface area (Å²) in [7, 11) is 0. The molecular formula is C27H31N3. The van der Waals surface area contributed by atoms with E-state index in [9.17, 15) is 0 Å². The lowest BCUT2D eigenvalue weighted by atomic mass is 9.93. The van der Waals surface area contributed by atoms with Crippen LogP contribution in [-0.4, -0.2) is 17.4 Å². The second-order valence-corrected chi connectivity index (χ2v) is 8.08. The summed E-state index contributed by atoms with van der Waals surface area (Å²) in [5.74, 6) is 0.891. The lowest BCUT2D eigenvalue weighted by molar-refractivity contribution is 0.835. The van der Waals surface area contributed by atoms with Gasteiger partial charge in [0.25, 0.3) is 0 Å². The molecule has 0 radical (unpaired) electrons. The van der Waals surface area contributed by atoms with Crippen LogP contribution in [0.2, 0.25) is 0 Å². The van der Waals surface area contributed by atoms with Crippen molar-refractivity contribution in [2.45, 2.75) is 52.4 Å². The van der Waals surface area contributed by atoms with Crippen molar-refractivity contribution < 1.29 is 0 Å². The number of para-hydroxylation sites is 2. The van der Waals surface area contributed by atoms with E-state index in [-0.39, 0.29) is 0 Å². The molecule has 30 heavy (non-hydrogen) atoms. The third-order valence-corrected chi connectivity index (χ3v) is 5.02. The fourth-order valence-corrected chi connectivity index (χ4v) is 3.41. The van der Waals surface area contributed by atoms with Gasteiger partial charge in [0.1, 0.15) is 0 Å².